The molecule has 1 aliphatic rings. The zero-order valence-corrected chi connectivity index (χ0v) is 14.4. The third-order valence-electron chi connectivity index (χ3n) is 3.89. The molecule has 3 atom stereocenters. The first-order valence-corrected chi connectivity index (χ1v) is 8.00. The molecule has 0 spiro atoms. The topological polar surface area (TPSA) is 50.8 Å². The van der Waals surface area contributed by atoms with Crippen LogP contribution in [0.5, 0.6) is 0 Å². The molecule has 0 aromatic heterocycles. The molecule has 5 nitrogen and oxygen atoms in total. The highest BCUT2D eigenvalue weighted by Gasteiger charge is 2.34. The van der Waals surface area contributed by atoms with E-state index < -0.39 is 5.54 Å². The first-order valence-electron chi connectivity index (χ1n) is 8.00. The van der Waals surface area contributed by atoms with Crippen molar-refractivity contribution in [2.24, 2.45) is 0 Å². The van der Waals surface area contributed by atoms with Crippen molar-refractivity contribution in [2.75, 3.05) is 26.7 Å². The van der Waals surface area contributed by atoms with Crippen LogP contribution < -0.4 is 5.32 Å². The van der Waals surface area contributed by atoms with Gasteiger partial charge in [0.05, 0.1) is 19.3 Å². The molecule has 0 amide bonds. The lowest BCUT2D eigenvalue weighted by Gasteiger charge is -2.36. The predicted molar refractivity (Wildman–Crippen MR) is 84.4 cm³/mol. The molecular formula is C16H32N2O3. The second kappa shape index (κ2) is 8.11. The van der Waals surface area contributed by atoms with Gasteiger partial charge in [-0.05, 0) is 54.0 Å². The minimum Gasteiger partial charge on any atom is -0.468 e. The van der Waals surface area contributed by atoms with Crippen LogP contribution in [0.2, 0.25) is 0 Å². The lowest BCUT2D eigenvalue weighted by atomic mass is 9.94. The van der Waals surface area contributed by atoms with Crippen LogP contribution in [0, 0.1) is 0 Å². The third kappa shape index (κ3) is 5.93. The van der Waals surface area contributed by atoms with E-state index in [-0.39, 0.29) is 24.2 Å². The quantitative estimate of drug-likeness (QED) is 0.727. The minimum atomic E-state index is -0.605. The van der Waals surface area contributed by atoms with Gasteiger partial charge in [0.2, 0.25) is 0 Å². The number of carbonyl (C=O) groups excluding carboxylic acids is 1. The summed E-state index contributed by atoms with van der Waals surface area (Å²) in [4.78, 5) is 14.5. The normalized spacial score (nSPS) is 26.6. The van der Waals surface area contributed by atoms with Crippen LogP contribution in [0.15, 0.2) is 0 Å². The number of nitrogens with one attached hydrogen (secondary N) is 1. The average molecular weight is 300 g/mol. The molecule has 1 N–H and O–H groups in total. The molecule has 0 saturated carbocycles. The summed E-state index contributed by atoms with van der Waals surface area (Å²) in [6.07, 6.45) is 2.31. The van der Waals surface area contributed by atoms with Crippen LogP contribution >= 0.6 is 0 Å². The second-order valence-corrected chi connectivity index (χ2v) is 6.74. The number of methoxy groups -OCH3 is 1. The molecule has 0 bridgehead atoms. The molecule has 124 valence electrons. The van der Waals surface area contributed by atoms with Gasteiger partial charge in [0.25, 0.3) is 0 Å². The van der Waals surface area contributed by atoms with Gasteiger partial charge in [-0.15, -0.1) is 0 Å². The summed E-state index contributed by atoms with van der Waals surface area (Å²) in [6, 6.07) is 0.248. The summed E-state index contributed by atoms with van der Waals surface area (Å²) in [6.45, 7) is 13.2. The third-order valence-corrected chi connectivity index (χ3v) is 3.89. The van der Waals surface area contributed by atoms with Gasteiger partial charge in [0, 0.05) is 19.1 Å². The summed E-state index contributed by atoms with van der Waals surface area (Å²) in [5, 5.41) is 3.34. The van der Waals surface area contributed by atoms with E-state index >= 15 is 0 Å². The van der Waals surface area contributed by atoms with Crippen molar-refractivity contribution >= 4 is 5.97 Å². The largest absolute Gasteiger partial charge is 0.468 e. The molecule has 1 rings (SSSR count). The van der Waals surface area contributed by atoms with Crippen LogP contribution in [0.3, 0.4) is 0 Å². The van der Waals surface area contributed by atoms with Gasteiger partial charge >= 0.3 is 5.97 Å². The first kappa shape index (κ1) is 18.4. The minimum absolute atomic E-state index is 0.181. The maximum atomic E-state index is 12.0. The van der Waals surface area contributed by atoms with E-state index in [1.54, 1.807) is 0 Å². The number of hydrogen-bond donors (Lipinski definition) is 1. The maximum absolute atomic E-state index is 12.0. The summed E-state index contributed by atoms with van der Waals surface area (Å²) < 4.78 is 10.7. The van der Waals surface area contributed by atoms with Crippen LogP contribution in [0.4, 0.5) is 0 Å². The number of carbonyl (C=O) groups is 1. The molecule has 1 saturated heterocycles. The fraction of sp³-hybridized carbons (Fsp3) is 0.938. The van der Waals surface area contributed by atoms with E-state index in [1.165, 1.54) is 7.11 Å². The van der Waals surface area contributed by atoms with Gasteiger partial charge in [-0.1, -0.05) is 0 Å². The lowest BCUT2D eigenvalue weighted by molar-refractivity contribution is -0.148. The fourth-order valence-corrected chi connectivity index (χ4v) is 3.22. The van der Waals surface area contributed by atoms with Crippen molar-refractivity contribution < 1.29 is 14.3 Å². The van der Waals surface area contributed by atoms with Crippen LogP contribution in [-0.4, -0.2) is 61.4 Å². The molecule has 0 aliphatic carbocycles. The SMILES string of the molecule is COC(=O)C(C)(CCCN1C[C@@H](C)O[C@@H](C)C1)NC(C)C. The smallest absolute Gasteiger partial charge is 0.325 e. The molecule has 1 heterocycles. The van der Waals surface area contributed by atoms with E-state index in [2.05, 4.69) is 24.1 Å². The van der Waals surface area contributed by atoms with E-state index in [4.69, 9.17) is 9.47 Å². The monoisotopic (exact) mass is 300 g/mol. The number of hydrogen-bond acceptors (Lipinski definition) is 5. The van der Waals surface area contributed by atoms with E-state index in [0.717, 1.165) is 32.5 Å². The van der Waals surface area contributed by atoms with Crippen molar-refractivity contribution in [3.63, 3.8) is 0 Å². The molecular weight excluding hydrogens is 268 g/mol. The first-order chi connectivity index (χ1) is 9.76. The standard InChI is InChI=1S/C16H32N2O3/c1-12(2)17-16(5,15(19)20-6)8-7-9-18-10-13(3)21-14(4)11-18/h12-14,17H,7-11H2,1-6H3/t13-,14+,16?. The number of morpholine rings is 1. The highest BCUT2D eigenvalue weighted by atomic mass is 16.5. The molecule has 1 aliphatic heterocycles. The Morgan fingerprint density at radius 1 is 1.38 bits per heavy atom. The van der Waals surface area contributed by atoms with Crippen molar-refractivity contribution in [1.82, 2.24) is 10.2 Å². The Hall–Kier alpha value is -0.650. The number of nitrogens with zero attached hydrogens (tertiary/aromatic N) is 1. The summed E-state index contributed by atoms with van der Waals surface area (Å²) in [5.74, 6) is -0.181. The predicted octanol–water partition coefficient (Wildman–Crippen LogP) is 1.81. The summed E-state index contributed by atoms with van der Waals surface area (Å²) >= 11 is 0. The average Bonchev–Trinajstić information content (AvgIpc) is 2.35. The highest BCUT2D eigenvalue weighted by Crippen LogP contribution is 2.18. The van der Waals surface area contributed by atoms with Crippen LogP contribution in [0.25, 0.3) is 0 Å². The Kier molecular flexibility index (Phi) is 7.10. The van der Waals surface area contributed by atoms with E-state index in [1.807, 2.05) is 20.8 Å². The van der Waals surface area contributed by atoms with E-state index in [9.17, 15) is 4.79 Å². The number of esters is 1. The summed E-state index contributed by atoms with van der Waals surface area (Å²) in [7, 11) is 1.45. The summed E-state index contributed by atoms with van der Waals surface area (Å²) in [5.41, 5.74) is -0.605. The van der Waals surface area contributed by atoms with Crippen molar-refractivity contribution in [2.45, 2.75) is 71.2 Å². The second-order valence-electron chi connectivity index (χ2n) is 6.74. The van der Waals surface area contributed by atoms with Gasteiger partial charge in [-0.2, -0.15) is 0 Å². The zero-order valence-electron chi connectivity index (χ0n) is 14.4. The Bertz CT molecular complexity index is 325. The number of rotatable bonds is 7. The van der Waals surface area contributed by atoms with Crippen LogP contribution in [0.1, 0.15) is 47.5 Å². The van der Waals surface area contributed by atoms with Crippen LogP contribution in [-0.2, 0) is 14.3 Å². The van der Waals surface area contributed by atoms with Gasteiger partial charge in [-0.25, -0.2) is 0 Å². The van der Waals surface area contributed by atoms with Gasteiger partial charge in [0.1, 0.15) is 5.54 Å². The Morgan fingerprint density at radius 2 is 1.95 bits per heavy atom. The zero-order chi connectivity index (χ0) is 16.0. The molecule has 1 fully saturated rings. The Balaban J connectivity index is 2.48. The molecule has 1 unspecified atom stereocenters. The van der Waals surface area contributed by atoms with Crippen molar-refractivity contribution in [1.29, 1.82) is 0 Å². The molecule has 0 aromatic carbocycles. The van der Waals surface area contributed by atoms with Crippen molar-refractivity contribution in [3.8, 4) is 0 Å². The number of ether oxygens (including phenoxy) is 2. The Labute approximate surface area is 129 Å². The molecule has 0 aromatic rings. The fourth-order valence-electron chi connectivity index (χ4n) is 3.22. The molecule has 0 radical (unpaired) electrons. The van der Waals surface area contributed by atoms with Gasteiger partial charge < -0.3 is 9.47 Å². The Morgan fingerprint density at radius 3 is 2.43 bits per heavy atom. The molecule has 21 heavy (non-hydrogen) atoms. The highest BCUT2D eigenvalue weighted by molar-refractivity contribution is 5.80. The van der Waals surface area contributed by atoms with Gasteiger partial charge in [0.15, 0.2) is 0 Å². The van der Waals surface area contributed by atoms with Gasteiger partial charge in [-0.3, -0.25) is 15.0 Å². The maximum Gasteiger partial charge on any atom is 0.325 e. The lowest BCUT2D eigenvalue weighted by Crippen LogP contribution is -2.53. The molecule has 5 heteroatoms. The van der Waals surface area contributed by atoms with Crippen molar-refractivity contribution in [3.05, 3.63) is 0 Å². The van der Waals surface area contributed by atoms with E-state index in [0.29, 0.717) is 0 Å².